The summed E-state index contributed by atoms with van der Waals surface area (Å²) in [6.45, 7) is 0.682. The summed E-state index contributed by atoms with van der Waals surface area (Å²) in [4.78, 5) is 37.8. The van der Waals surface area contributed by atoms with Crippen LogP contribution in [0.4, 0.5) is 42.0 Å². The van der Waals surface area contributed by atoms with Crippen molar-refractivity contribution in [1.29, 1.82) is 0 Å². The highest BCUT2D eigenvalue weighted by Gasteiger charge is 2.35. The molecule has 42 heavy (non-hydrogen) atoms. The highest BCUT2D eigenvalue weighted by atomic mass is 32.2. The molecular formula is C25H20F6N6O3S2. The number of nitrogens with zero attached hydrogens (tertiary/aromatic N) is 4. The number of amides is 2. The van der Waals surface area contributed by atoms with Crippen LogP contribution in [0.25, 0.3) is 11.0 Å². The average molecular weight is 631 g/mol. The molecule has 0 saturated carbocycles. The maximum Gasteiger partial charge on any atom is 0.449 e. The molecule has 1 aliphatic heterocycles. The van der Waals surface area contributed by atoms with Gasteiger partial charge in [-0.3, -0.25) is 4.79 Å². The van der Waals surface area contributed by atoms with Gasteiger partial charge in [0.25, 0.3) is 5.91 Å². The van der Waals surface area contributed by atoms with Gasteiger partial charge in [-0.15, -0.1) is 11.3 Å². The fraction of sp³-hybridized carbons (Fsp3) is 0.280. The normalized spacial score (nSPS) is 16.2. The van der Waals surface area contributed by atoms with Gasteiger partial charge < -0.3 is 25.2 Å². The summed E-state index contributed by atoms with van der Waals surface area (Å²) in [7, 11) is 0. The van der Waals surface area contributed by atoms with E-state index in [0.29, 0.717) is 17.2 Å². The number of alkyl halides is 6. The van der Waals surface area contributed by atoms with E-state index in [4.69, 9.17) is 0 Å². The number of imidazole rings is 1. The van der Waals surface area contributed by atoms with Crippen molar-refractivity contribution in [3.05, 3.63) is 64.9 Å². The average Bonchev–Trinajstić information content (AvgIpc) is 3.56. The Bertz CT molecular complexity index is 1600. The molecule has 1 atom stereocenters. The molecular weight excluding hydrogens is 610 g/mol. The molecule has 1 unspecified atom stereocenters. The zero-order valence-corrected chi connectivity index (χ0v) is 22.8. The Morgan fingerprint density at radius 3 is 2.48 bits per heavy atom. The third-order valence-corrected chi connectivity index (χ3v) is 8.00. The number of rotatable bonds is 6. The predicted octanol–water partition coefficient (Wildman–Crippen LogP) is 6.31. The maximum absolute atomic E-state index is 12.9. The molecule has 222 valence electrons. The van der Waals surface area contributed by atoms with Gasteiger partial charge in [-0.25, -0.2) is 14.8 Å². The first-order valence-corrected chi connectivity index (χ1v) is 13.9. The molecule has 3 N–H and O–H groups in total. The molecule has 3 heterocycles. The number of H-pyrrole nitrogens is 1. The van der Waals surface area contributed by atoms with Gasteiger partial charge in [0.05, 0.1) is 17.1 Å². The Morgan fingerprint density at radius 2 is 1.81 bits per heavy atom. The zero-order chi connectivity index (χ0) is 30.2. The number of benzene rings is 2. The van der Waals surface area contributed by atoms with Crippen LogP contribution in [0.1, 0.15) is 21.9 Å². The Labute approximate surface area is 241 Å². The van der Waals surface area contributed by atoms with E-state index >= 15 is 0 Å². The standard InChI is InChI=1S/C25H20F6N6O3S2/c26-24(27,28)21-33-17-6-3-14(10-18(17)34-21)32-20(38)19-12-41-22(35-19)36-7-8-37(23(39)40)15(11-36)9-13-1-4-16(5-2-13)42-25(29,30)31/h1-6,10,12,15H,7-9,11H2,(H,32,38)(H,33,34)(H,39,40). The fourth-order valence-corrected chi connectivity index (χ4v) is 5.87. The van der Waals surface area contributed by atoms with Crippen molar-refractivity contribution in [2.45, 2.75) is 29.0 Å². The van der Waals surface area contributed by atoms with Gasteiger partial charge >= 0.3 is 17.8 Å². The van der Waals surface area contributed by atoms with Crippen LogP contribution in [0, 0.1) is 0 Å². The lowest BCUT2D eigenvalue weighted by atomic mass is 10.0. The molecule has 9 nitrogen and oxygen atoms in total. The van der Waals surface area contributed by atoms with Gasteiger partial charge in [0.1, 0.15) is 5.69 Å². The summed E-state index contributed by atoms with van der Waals surface area (Å²) >= 11 is 0.934. The first kappa shape index (κ1) is 29.5. The SMILES string of the molecule is O=C(Nc1ccc2nc(C(F)(F)F)[nH]c2c1)c1csc(N2CCN(C(=O)O)C(Cc3ccc(SC(F)(F)F)cc3)C2)n1. The zero-order valence-electron chi connectivity index (χ0n) is 21.2. The van der Waals surface area contributed by atoms with Crippen molar-refractivity contribution in [3.63, 3.8) is 0 Å². The lowest BCUT2D eigenvalue weighted by Crippen LogP contribution is -2.55. The third kappa shape index (κ3) is 6.89. The Kier molecular flexibility index (Phi) is 7.98. The predicted molar refractivity (Wildman–Crippen MR) is 144 cm³/mol. The van der Waals surface area contributed by atoms with Gasteiger partial charge in [0.2, 0.25) is 5.82 Å². The first-order chi connectivity index (χ1) is 19.7. The number of fused-ring (bicyclic) bond motifs is 1. The van der Waals surface area contributed by atoms with Gasteiger partial charge in [-0.1, -0.05) is 12.1 Å². The number of piperazine rings is 1. The van der Waals surface area contributed by atoms with E-state index in [1.54, 1.807) is 0 Å². The summed E-state index contributed by atoms with van der Waals surface area (Å²) < 4.78 is 76.7. The number of thioether (sulfide) groups is 1. The van der Waals surface area contributed by atoms with E-state index in [9.17, 15) is 41.0 Å². The molecule has 1 fully saturated rings. The van der Waals surface area contributed by atoms with Crippen molar-refractivity contribution in [2.24, 2.45) is 0 Å². The first-order valence-electron chi connectivity index (χ1n) is 12.2. The molecule has 4 aromatic rings. The van der Waals surface area contributed by atoms with Gasteiger partial charge in [-0.05, 0) is 54.1 Å². The lowest BCUT2D eigenvalue weighted by Gasteiger charge is -2.40. The molecule has 2 aromatic heterocycles. The number of aromatic nitrogens is 3. The molecule has 0 radical (unpaired) electrons. The third-order valence-electron chi connectivity index (χ3n) is 6.36. The summed E-state index contributed by atoms with van der Waals surface area (Å²) in [5.74, 6) is -1.74. The van der Waals surface area contributed by atoms with Crippen LogP contribution in [0.2, 0.25) is 0 Å². The maximum atomic E-state index is 12.9. The van der Waals surface area contributed by atoms with E-state index in [1.165, 1.54) is 64.1 Å². The van der Waals surface area contributed by atoms with E-state index in [0.717, 1.165) is 0 Å². The van der Waals surface area contributed by atoms with Crippen LogP contribution in [0.5, 0.6) is 0 Å². The minimum atomic E-state index is -4.64. The number of carbonyl (C=O) groups excluding carboxylic acids is 1. The summed E-state index contributed by atoms with van der Waals surface area (Å²) in [5.41, 5.74) is -3.28. The number of halogens is 6. The minimum Gasteiger partial charge on any atom is -0.465 e. The van der Waals surface area contributed by atoms with Crippen LogP contribution in [-0.4, -0.2) is 68.1 Å². The number of hydrogen-bond acceptors (Lipinski definition) is 7. The molecule has 0 bridgehead atoms. The molecule has 5 rings (SSSR count). The Hall–Kier alpha value is -3.99. The lowest BCUT2D eigenvalue weighted by molar-refractivity contribution is -0.144. The van der Waals surface area contributed by atoms with Crippen LogP contribution >= 0.6 is 23.1 Å². The van der Waals surface area contributed by atoms with Crippen LogP contribution in [-0.2, 0) is 12.6 Å². The molecule has 0 aliphatic carbocycles. The molecule has 0 spiro atoms. The van der Waals surface area contributed by atoms with Crippen molar-refractivity contribution >= 4 is 57.0 Å². The molecule has 1 aliphatic rings. The fourth-order valence-electron chi connectivity index (χ4n) is 4.49. The van der Waals surface area contributed by atoms with Crippen LogP contribution in [0.15, 0.2) is 52.7 Å². The monoisotopic (exact) mass is 630 g/mol. The van der Waals surface area contributed by atoms with Gasteiger partial charge in [0.15, 0.2) is 5.13 Å². The second kappa shape index (κ2) is 11.4. The number of thiazole rings is 1. The van der Waals surface area contributed by atoms with Gasteiger partial charge in [-0.2, -0.15) is 26.3 Å². The minimum absolute atomic E-state index is 0.0238. The second-order valence-electron chi connectivity index (χ2n) is 9.26. The van der Waals surface area contributed by atoms with E-state index in [-0.39, 0.29) is 58.6 Å². The quantitative estimate of drug-likeness (QED) is 0.169. The van der Waals surface area contributed by atoms with Crippen molar-refractivity contribution in [3.8, 4) is 0 Å². The van der Waals surface area contributed by atoms with Crippen LogP contribution in [0.3, 0.4) is 0 Å². The number of carbonyl (C=O) groups is 2. The van der Waals surface area contributed by atoms with E-state index in [2.05, 4.69) is 20.3 Å². The van der Waals surface area contributed by atoms with Crippen molar-refractivity contribution < 1.29 is 41.0 Å². The second-order valence-corrected chi connectivity index (χ2v) is 11.2. The highest BCUT2D eigenvalue weighted by molar-refractivity contribution is 8.00. The molecule has 2 aromatic carbocycles. The Balaban J connectivity index is 1.26. The summed E-state index contributed by atoms with van der Waals surface area (Å²) in [6, 6.07) is 9.29. The molecule has 2 amide bonds. The number of hydrogen-bond donors (Lipinski definition) is 3. The topological polar surface area (TPSA) is 114 Å². The smallest absolute Gasteiger partial charge is 0.449 e. The van der Waals surface area contributed by atoms with Crippen molar-refractivity contribution in [2.75, 3.05) is 29.9 Å². The number of anilines is 2. The molecule has 17 heteroatoms. The summed E-state index contributed by atoms with van der Waals surface area (Å²) in [6.07, 6.45) is -5.51. The largest absolute Gasteiger partial charge is 0.465 e. The van der Waals surface area contributed by atoms with Gasteiger partial charge in [0, 0.05) is 35.6 Å². The van der Waals surface area contributed by atoms with E-state index in [1.807, 2.05) is 4.90 Å². The number of nitrogens with one attached hydrogen (secondary N) is 2. The van der Waals surface area contributed by atoms with E-state index < -0.39 is 35.6 Å². The Morgan fingerprint density at radius 1 is 1.07 bits per heavy atom. The van der Waals surface area contributed by atoms with Crippen LogP contribution < -0.4 is 10.2 Å². The number of carboxylic acid groups (broad SMARTS) is 1. The van der Waals surface area contributed by atoms with Crippen molar-refractivity contribution in [1.82, 2.24) is 19.9 Å². The highest BCUT2D eigenvalue weighted by Crippen LogP contribution is 2.37. The molecule has 1 saturated heterocycles. The number of aromatic amines is 1. The summed E-state index contributed by atoms with van der Waals surface area (Å²) in [5, 5.41) is 14.3.